The van der Waals surface area contributed by atoms with E-state index in [-0.39, 0.29) is 5.91 Å². The number of benzene rings is 1. The van der Waals surface area contributed by atoms with Gasteiger partial charge in [0.15, 0.2) is 0 Å². The van der Waals surface area contributed by atoms with Crippen LogP contribution >= 0.6 is 34.5 Å². The van der Waals surface area contributed by atoms with E-state index in [1.165, 1.54) is 6.42 Å². The van der Waals surface area contributed by atoms with Crippen molar-refractivity contribution in [3.05, 3.63) is 63.2 Å². The maximum atomic E-state index is 12.8. The molecule has 1 aliphatic heterocycles. The lowest BCUT2D eigenvalue weighted by Crippen LogP contribution is -2.35. The Balaban J connectivity index is 1.62. The zero-order valence-electron chi connectivity index (χ0n) is 17.0. The molecular weight excluding hydrogens is 435 g/mol. The van der Waals surface area contributed by atoms with Crippen LogP contribution in [0.15, 0.2) is 41.9 Å². The molecule has 30 heavy (non-hydrogen) atoms. The highest BCUT2D eigenvalue weighted by molar-refractivity contribution is 7.14. The molecule has 0 bridgehead atoms. The van der Waals surface area contributed by atoms with Crippen LogP contribution in [0.1, 0.15) is 48.7 Å². The van der Waals surface area contributed by atoms with E-state index in [0.717, 1.165) is 66.0 Å². The summed E-state index contributed by atoms with van der Waals surface area (Å²) in [4.78, 5) is 20.3. The van der Waals surface area contributed by atoms with Crippen LogP contribution in [0.5, 0.6) is 0 Å². The minimum absolute atomic E-state index is 0.0105. The molecule has 3 nitrogen and oxygen atoms in total. The van der Waals surface area contributed by atoms with Crippen molar-refractivity contribution in [3.8, 4) is 21.6 Å². The molecule has 4 rings (SSSR count). The molecule has 1 aliphatic rings. The van der Waals surface area contributed by atoms with Gasteiger partial charge in [-0.1, -0.05) is 36.5 Å². The largest absolute Gasteiger partial charge is 0.339 e. The summed E-state index contributed by atoms with van der Waals surface area (Å²) in [6.07, 6.45) is 7.19. The normalized spacial score (nSPS) is 14.2. The molecule has 1 saturated heterocycles. The van der Waals surface area contributed by atoms with Crippen LogP contribution in [0.3, 0.4) is 0 Å². The second kappa shape index (κ2) is 9.51. The van der Waals surface area contributed by atoms with Gasteiger partial charge in [0, 0.05) is 41.0 Å². The van der Waals surface area contributed by atoms with Crippen LogP contribution in [0, 0.1) is 0 Å². The Morgan fingerprint density at radius 3 is 2.50 bits per heavy atom. The highest BCUT2D eigenvalue weighted by Crippen LogP contribution is 2.40. The van der Waals surface area contributed by atoms with Crippen LogP contribution in [-0.2, 0) is 6.42 Å². The van der Waals surface area contributed by atoms with Gasteiger partial charge in [-0.15, -0.1) is 11.3 Å². The predicted octanol–water partition coefficient (Wildman–Crippen LogP) is 7.36. The first-order valence-electron chi connectivity index (χ1n) is 10.4. The fourth-order valence-electron chi connectivity index (χ4n) is 3.89. The number of carbonyl (C=O) groups is 1. The van der Waals surface area contributed by atoms with Gasteiger partial charge in [-0.2, -0.15) is 0 Å². The molecule has 156 valence electrons. The molecule has 1 aromatic carbocycles. The summed E-state index contributed by atoms with van der Waals surface area (Å²) >= 11 is 14.9. The average Bonchev–Trinajstić information content (AvgIpc) is 3.23. The number of aryl methyl sites for hydroxylation is 1. The Morgan fingerprint density at radius 1 is 1.07 bits per heavy atom. The van der Waals surface area contributed by atoms with Gasteiger partial charge in [0.05, 0.1) is 10.0 Å². The zero-order chi connectivity index (χ0) is 21.1. The summed E-state index contributed by atoms with van der Waals surface area (Å²) in [5.41, 5.74) is 4.55. The monoisotopic (exact) mass is 458 g/mol. The zero-order valence-corrected chi connectivity index (χ0v) is 19.3. The van der Waals surface area contributed by atoms with E-state index in [1.54, 1.807) is 23.5 Å². The standard InChI is InChI=1S/C24H24Cl2N2OS/c1-2-6-19-11-16(7-8-27-19)22-14-18(15-30-22)23-20(25)12-17(13-21(23)26)24(29)28-9-4-3-5-10-28/h7-8,11-15H,2-6,9-10H2,1H3. The van der Waals surface area contributed by atoms with Crippen molar-refractivity contribution in [3.63, 3.8) is 0 Å². The number of aromatic nitrogens is 1. The number of nitrogens with zero attached hydrogens (tertiary/aromatic N) is 2. The maximum absolute atomic E-state index is 12.8. The Kier molecular flexibility index (Phi) is 6.77. The van der Waals surface area contributed by atoms with Crippen LogP contribution in [0.4, 0.5) is 0 Å². The van der Waals surface area contributed by atoms with E-state index in [2.05, 4.69) is 29.4 Å². The first kappa shape index (κ1) is 21.4. The van der Waals surface area contributed by atoms with Gasteiger partial charge in [0.25, 0.3) is 5.91 Å². The first-order valence-corrected chi connectivity index (χ1v) is 12.0. The van der Waals surface area contributed by atoms with E-state index in [9.17, 15) is 4.79 Å². The molecule has 1 amide bonds. The summed E-state index contributed by atoms with van der Waals surface area (Å²) in [7, 11) is 0. The van der Waals surface area contributed by atoms with Crippen LogP contribution in [0.25, 0.3) is 21.6 Å². The fraction of sp³-hybridized carbons (Fsp3) is 0.333. The fourth-order valence-corrected chi connectivity index (χ4v) is 5.50. The predicted molar refractivity (Wildman–Crippen MR) is 127 cm³/mol. The van der Waals surface area contributed by atoms with E-state index in [1.807, 2.05) is 17.2 Å². The third kappa shape index (κ3) is 4.56. The first-order chi connectivity index (χ1) is 14.6. The molecule has 3 aromatic rings. The van der Waals surface area contributed by atoms with Crippen LogP contribution in [0.2, 0.25) is 10.0 Å². The molecule has 0 atom stereocenters. The second-order valence-corrected chi connectivity index (χ2v) is 9.38. The molecule has 0 radical (unpaired) electrons. The molecule has 1 fully saturated rings. The van der Waals surface area contributed by atoms with Crippen molar-refractivity contribution >= 4 is 40.4 Å². The summed E-state index contributed by atoms with van der Waals surface area (Å²) in [6, 6.07) is 9.78. The number of amides is 1. The van der Waals surface area contributed by atoms with Crippen LogP contribution < -0.4 is 0 Å². The van der Waals surface area contributed by atoms with Crippen molar-refractivity contribution in [2.45, 2.75) is 39.0 Å². The number of hydrogen-bond acceptors (Lipinski definition) is 3. The number of hydrogen-bond donors (Lipinski definition) is 0. The van der Waals surface area contributed by atoms with Crippen molar-refractivity contribution in [2.75, 3.05) is 13.1 Å². The van der Waals surface area contributed by atoms with E-state index in [4.69, 9.17) is 23.2 Å². The number of piperidine rings is 1. The van der Waals surface area contributed by atoms with Gasteiger partial charge in [0.2, 0.25) is 0 Å². The van der Waals surface area contributed by atoms with E-state index in [0.29, 0.717) is 15.6 Å². The lowest BCUT2D eigenvalue weighted by atomic mass is 10.0. The van der Waals surface area contributed by atoms with Gasteiger partial charge >= 0.3 is 0 Å². The minimum atomic E-state index is 0.0105. The molecule has 0 saturated carbocycles. The summed E-state index contributed by atoms with van der Waals surface area (Å²) < 4.78 is 0. The van der Waals surface area contributed by atoms with Crippen molar-refractivity contribution in [2.24, 2.45) is 0 Å². The second-order valence-electron chi connectivity index (χ2n) is 7.65. The van der Waals surface area contributed by atoms with Gasteiger partial charge in [0.1, 0.15) is 0 Å². The molecule has 2 aromatic heterocycles. The molecule has 6 heteroatoms. The summed E-state index contributed by atoms with van der Waals surface area (Å²) in [6.45, 7) is 3.76. The van der Waals surface area contributed by atoms with Crippen molar-refractivity contribution in [1.29, 1.82) is 0 Å². The summed E-state index contributed by atoms with van der Waals surface area (Å²) in [5.74, 6) is 0.0105. The SMILES string of the molecule is CCCc1cc(-c2cc(-c3c(Cl)cc(C(=O)N4CCCCC4)cc3Cl)cs2)ccn1. The van der Waals surface area contributed by atoms with Crippen molar-refractivity contribution in [1.82, 2.24) is 9.88 Å². The van der Waals surface area contributed by atoms with Crippen molar-refractivity contribution < 1.29 is 4.79 Å². The number of pyridine rings is 1. The average molecular weight is 459 g/mol. The highest BCUT2D eigenvalue weighted by atomic mass is 35.5. The third-order valence-electron chi connectivity index (χ3n) is 5.43. The van der Waals surface area contributed by atoms with E-state index < -0.39 is 0 Å². The number of halogens is 2. The number of likely N-dealkylation sites (tertiary alicyclic amines) is 1. The number of rotatable bonds is 5. The van der Waals surface area contributed by atoms with Gasteiger partial charge in [-0.3, -0.25) is 9.78 Å². The third-order valence-corrected chi connectivity index (χ3v) is 7.00. The Bertz CT molecular complexity index is 1030. The number of carbonyl (C=O) groups excluding carboxylic acids is 1. The van der Waals surface area contributed by atoms with Crippen LogP contribution in [-0.4, -0.2) is 28.9 Å². The molecule has 0 N–H and O–H groups in total. The smallest absolute Gasteiger partial charge is 0.253 e. The summed E-state index contributed by atoms with van der Waals surface area (Å²) in [5, 5.41) is 3.08. The van der Waals surface area contributed by atoms with E-state index >= 15 is 0 Å². The molecule has 0 aliphatic carbocycles. The van der Waals surface area contributed by atoms with Gasteiger partial charge in [-0.25, -0.2) is 0 Å². The molecule has 0 spiro atoms. The maximum Gasteiger partial charge on any atom is 0.253 e. The highest BCUT2D eigenvalue weighted by Gasteiger charge is 2.21. The number of thiophene rings is 1. The lowest BCUT2D eigenvalue weighted by molar-refractivity contribution is 0.0724. The quantitative estimate of drug-likeness (QED) is 0.399. The van der Waals surface area contributed by atoms with Gasteiger partial charge in [-0.05, 0) is 72.5 Å². The van der Waals surface area contributed by atoms with Gasteiger partial charge < -0.3 is 4.90 Å². The topological polar surface area (TPSA) is 33.2 Å². The molecule has 0 unspecified atom stereocenters. The Hall–Kier alpha value is -1.88. The molecular formula is C24H24Cl2N2OS. The Labute approximate surface area is 191 Å². The lowest BCUT2D eigenvalue weighted by Gasteiger charge is -2.27. The minimum Gasteiger partial charge on any atom is -0.339 e. The Morgan fingerprint density at radius 2 is 1.80 bits per heavy atom. The molecule has 3 heterocycles.